The van der Waals surface area contributed by atoms with E-state index in [0.29, 0.717) is 11.4 Å². The minimum absolute atomic E-state index is 0.0311. The molecule has 4 nitrogen and oxygen atoms in total. The number of carboxylic acids is 1. The molecule has 0 saturated carbocycles. The van der Waals surface area contributed by atoms with Crippen LogP contribution in [0.2, 0.25) is 0 Å². The zero-order chi connectivity index (χ0) is 14.1. The van der Waals surface area contributed by atoms with Gasteiger partial charge in [0.25, 0.3) is 0 Å². The number of anilines is 1. The van der Waals surface area contributed by atoms with E-state index in [1.807, 2.05) is 36.4 Å². The van der Waals surface area contributed by atoms with Crippen LogP contribution in [0, 0.1) is 0 Å². The topological polar surface area (TPSA) is 76.2 Å². The fourth-order valence-electron chi connectivity index (χ4n) is 2.17. The van der Waals surface area contributed by atoms with Gasteiger partial charge in [-0.05, 0) is 29.7 Å². The molecule has 0 fully saturated rings. The lowest BCUT2D eigenvalue weighted by molar-refractivity contribution is 0.0690. The summed E-state index contributed by atoms with van der Waals surface area (Å²) in [7, 11) is 0. The zero-order valence-electron chi connectivity index (χ0n) is 10.6. The molecule has 0 aliphatic carbocycles. The minimum atomic E-state index is -1.04. The number of nitrogen functional groups attached to an aromatic ring is 1. The molecule has 20 heavy (non-hydrogen) atoms. The predicted octanol–water partition coefficient (Wildman–Crippen LogP) is 3.18. The van der Waals surface area contributed by atoms with E-state index < -0.39 is 5.97 Å². The molecule has 3 N–H and O–H groups in total. The van der Waals surface area contributed by atoms with Gasteiger partial charge in [-0.1, -0.05) is 30.3 Å². The van der Waals surface area contributed by atoms with Gasteiger partial charge in [0.1, 0.15) is 5.69 Å². The van der Waals surface area contributed by atoms with Gasteiger partial charge in [0.05, 0.1) is 5.69 Å². The number of pyridine rings is 1. The summed E-state index contributed by atoms with van der Waals surface area (Å²) in [4.78, 5) is 15.1. The van der Waals surface area contributed by atoms with Crippen LogP contribution in [-0.4, -0.2) is 16.1 Å². The fourth-order valence-corrected chi connectivity index (χ4v) is 2.17. The average Bonchev–Trinajstić information content (AvgIpc) is 2.47. The highest BCUT2D eigenvalue weighted by Crippen LogP contribution is 2.26. The van der Waals surface area contributed by atoms with Crippen LogP contribution in [0.1, 0.15) is 10.5 Å². The standard InChI is InChI=1S/C16H12N2O2/c17-13-4-1-3-10-7-8-11(9-12(10)13)14-5-2-6-15(18-14)16(19)20/h1-9H,17H2,(H,19,20). The summed E-state index contributed by atoms with van der Waals surface area (Å²) < 4.78 is 0. The number of hydrogen-bond donors (Lipinski definition) is 2. The van der Waals surface area contributed by atoms with E-state index in [2.05, 4.69) is 4.98 Å². The quantitative estimate of drug-likeness (QED) is 0.697. The van der Waals surface area contributed by atoms with Gasteiger partial charge in [0.15, 0.2) is 0 Å². The lowest BCUT2D eigenvalue weighted by Crippen LogP contribution is -2.00. The Hall–Kier alpha value is -2.88. The van der Waals surface area contributed by atoms with Gasteiger partial charge in [-0.2, -0.15) is 0 Å². The van der Waals surface area contributed by atoms with Crippen molar-refractivity contribution in [2.45, 2.75) is 0 Å². The van der Waals surface area contributed by atoms with Crippen molar-refractivity contribution in [1.82, 2.24) is 4.98 Å². The molecular weight excluding hydrogens is 252 g/mol. The third kappa shape index (κ3) is 2.07. The Balaban J connectivity index is 2.17. The molecule has 0 aliphatic rings. The van der Waals surface area contributed by atoms with Gasteiger partial charge >= 0.3 is 5.97 Å². The average molecular weight is 264 g/mol. The maximum atomic E-state index is 11.0. The first-order valence-corrected chi connectivity index (χ1v) is 6.14. The van der Waals surface area contributed by atoms with Gasteiger partial charge in [-0.25, -0.2) is 9.78 Å². The normalized spacial score (nSPS) is 10.6. The highest BCUT2D eigenvalue weighted by molar-refractivity contribution is 5.95. The summed E-state index contributed by atoms with van der Waals surface area (Å²) in [6, 6.07) is 16.5. The molecule has 3 rings (SSSR count). The van der Waals surface area contributed by atoms with Crippen molar-refractivity contribution in [3.8, 4) is 11.3 Å². The van der Waals surface area contributed by atoms with Crippen molar-refractivity contribution >= 4 is 22.4 Å². The van der Waals surface area contributed by atoms with E-state index in [-0.39, 0.29) is 5.69 Å². The summed E-state index contributed by atoms with van der Waals surface area (Å²) in [6.45, 7) is 0. The van der Waals surface area contributed by atoms with Gasteiger partial charge in [0.2, 0.25) is 0 Å². The van der Waals surface area contributed by atoms with Gasteiger partial charge < -0.3 is 10.8 Å². The highest BCUT2D eigenvalue weighted by Gasteiger charge is 2.07. The highest BCUT2D eigenvalue weighted by atomic mass is 16.4. The fraction of sp³-hybridized carbons (Fsp3) is 0. The number of nitrogens with zero attached hydrogens (tertiary/aromatic N) is 1. The summed E-state index contributed by atoms with van der Waals surface area (Å²) in [5.74, 6) is -1.04. The van der Waals surface area contributed by atoms with Crippen molar-refractivity contribution in [2.24, 2.45) is 0 Å². The second-order valence-corrected chi connectivity index (χ2v) is 4.50. The first kappa shape index (κ1) is 12.2. The Bertz CT molecular complexity index is 812. The molecule has 2 aromatic carbocycles. The molecule has 1 aromatic heterocycles. The summed E-state index contributed by atoms with van der Waals surface area (Å²) in [6.07, 6.45) is 0. The maximum absolute atomic E-state index is 11.0. The van der Waals surface area contributed by atoms with E-state index in [1.165, 1.54) is 6.07 Å². The second-order valence-electron chi connectivity index (χ2n) is 4.50. The molecule has 1 heterocycles. The van der Waals surface area contributed by atoms with Crippen LogP contribution in [0.15, 0.2) is 54.6 Å². The van der Waals surface area contributed by atoms with Crippen molar-refractivity contribution in [3.63, 3.8) is 0 Å². The number of rotatable bonds is 2. The van der Waals surface area contributed by atoms with Crippen LogP contribution in [0.25, 0.3) is 22.0 Å². The van der Waals surface area contributed by atoms with Crippen LogP contribution in [0.5, 0.6) is 0 Å². The molecule has 0 spiro atoms. The SMILES string of the molecule is Nc1cccc2ccc(-c3cccc(C(=O)O)n3)cc12. The number of carbonyl (C=O) groups is 1. The number of nitrogens with two attached hydrogens (primary N) is 1. The Morgan fingerprint density at radius 2 is 1.85 bits per heavy atom. The van der Waals surface area contributed by atoms with E-state index in [4.69, 9.17) is 10.8 Å². The van der Waals surface area contributed by atoms with Gasteiger partial charge in [-0.15, -0.1) is 0 Å². The van der Waals surface area contributed by atoms with Crippen LogP contribution >= 0.6 is 0 Å². The molecule has 0 aliphatic heterocycles. The van der Waals surface area contributed by atoms with Gasteiger partial charge in [-0.3, -0.25) is 0 Å². The molecule has 0 radical (unpaired) electrons. The first-order valence-electron chi connectivity index (χ1n) is 6.14. The Kier molecular flexibility index (Phi) is 2.84. The van der Waals surface area contributed by atoms with Crippen molar-refractivity contribution in [1.29, 1.82) is 0 Å². The molecule has 0 unspecified atom stereocenters. The minimum Gasteiger partial charge on any atom is -0.477 e. The predicted molar refractivity (Wildman–Crippen MR) is 78.6 cm³/mol. The lowest BCUT2D eigenvalue weighted by Gasteiger charge is -2.06. The van der Waals surface area contributed by atoms with Crippen LogP contribution in [0.4, 0.5) is 5.69 Å². The monoisotopic (exact) mass is 264 g/mol. The number of benzene rings is 2. The van der Waals surface area contributed by atoms with Crippen molar-refractivity contribution < 1.29 is 9.90 Å². The first-order chi connectivity index (χ1) is 9.65. The maximum Gasteiger partial charge on any atom is 0.354 e. The van der Waals surface area contributed by atoms with E-state index >= 15 is 0 Å². The summed E-state index contributed by atoms with van der Waals surface area (Å²) in [5.41, 5.74) is 8.16. The third-order valence-corrected chi connectivity index (χ3v) is 3.18. The molecule has 0 bridgehead atoms. The van der Waals surface area contributed by atoms with Crippen molar-refractivity contribution in [2.75, 3.05) is 5.73 Å². The summed E-state index contributed by atoms with van der Waals surface area (Å²) in [5, 5.41) is 11.0. The molecule has 0 atom stereocenters. The van der Waals surface area contributed by atoms with Crippen LogP contribution < -0.4 is 5.73 Å². The Morgan fingerprint density at radius 3 is 2.65 bits per heavy atom. The van der Waals surface area contributed by atoms with E-state index in [9.17, 15) is 4.79 Å². The molecular formula is C16H12N2O2. The lowest BCUT2D eigenvalue weighted by atomic mass is 10.0. The summed E-state index contributed by atoms with van der Waals surface area (Å²) >= 11 is 0. The van der Waals surface area contributed by atoms with Gasteiger partial charge in [0, 0.05) is 16.6 Å². The van der Waals surface area contributed by atoms with Crippen molar-refractivity contribution in [3.05, 3.63) is 60.3 Å². The number of carboxylic acid groups (broad SMARTS) is 1. The van der Waals surface area contributed by atoms with Crippen LogP contribution in [0.3, 0.4) is 0 Å². The molecule has 0 amide bonds. The van der Waals surface area contributed by atoms with E-state index in [1.54, 1.807) is 12.1 Å². The second kappa shape index (κ2) is 4.66. The number of aromatic nitrogens is 1. The molecule has 4 heteroatoms. The molecule has 98 valence electrons. The Labute approximate surface area is 115 Å². The van der Waals surface area contributed by atoms with E-state index in [0.717, 1.165) is 16.3 Å². The number of aromatic carboxylic acids is 1. The number of hydrogen-bond acceptors (Lipinski definition) is 3. The molecule has 3 aromatic rings. The zero-order valence-corrected chi connectivity index (χ0v) is 10.6. The smallest absolute Gasteiger partial charge is 0.354 e. The largest absolute Gasteiger partial charge is 0.477 e. The van der Waals surface area contributed by atoms with Crippen LogP contribution in [-0.2, 0) is 0 Å². The Morgan fingerprint density at radius 1 is 1.05 bits per heavy atom. The molecule has 0 saturated heterocycles. The third-order valence-electron chi connectivity index (χ3n) is 3.18. The number of fused-ring (bicyclic) bond motifs is 1.